The monoisotopic (exact) mass is 384 g/mol. The lowest BCUT2D eigenvalue weighted by atomic mass is 9.84. The first-order valence-electron chi connectivity index (χ1n) is 10.4. The van der Waals surface area contributed by atoms with Crippen molar-refractivity contribution in [2.75, 3.05) is 25.1 Å². The van der Waals surface area contributed by atoms with E-state index in [-0.39, 0.29) is 5.91 Å². The summed E-state index contributed by atoms with van der Waals surface area (Å²) in [5.41, 5.74) is 6.38. The fourth-order valence-electron chi connectivity index (χ4n) is 4.50. The lowest BCUT2D eigenvalue weighted by Crippen LogP contribution is -2.58. The van der Waals surface area contributed by atoms with Gasteiger partial charge in [-0.15, -0.1) is 0 Å². The normalized spacial score (nSPS) is 20.8. The van der Waals surface area contributed by atoms with Crippen LogP contribution in [0.15, 0.2) is 24.3 Å². The molecule has 1 heterocycles. The van der Waals surface area contributed by atoms with Gasteiger partial charge in [0.2, 0.25) is 5.91 Å². The van der Waals surface area contributed by atoms with E-state index in [0.29, 0.717) is 31.8 Å². The number of methoxy groups -OCH3 is 1. The van der Waals surface area contributed by atoms with E-state index in [4.69, 9.17) is 10.5 Å². The van der Waals surface area contributed by atoms with Gasteiger partial charge in [0.1, 0.15) is 11.3 Å². The van der Waals surface area contributed by atoms with E-state index >= 15 is 0 Å². The first-order chi connectivity index (χ1) is 13.6. The molecule has 2 aliphatic rings. The average Bonchev–Trinajstić information content (AvgIpc) is 2.75. The van der Waals surface area contributed by atoms with E-state index in [2.05, 4.69) is 16.3 Å². The molecule has 1 saturated heterocycles. The molecule has 0 spiro atoms. The van der Waals surface area contributed by atoms with Crippen LogP contribution in [-0.2, 0) is 4.79 Å². The number of ether oxygens (including phenoxy) is 1. The van der Waals surface area contributed by atoms with E-state index in [9.17, 15) is 10.1 Å². The van der Waals surface area contributed by atoms with Gasteiger partial charge in [-0.2, -0.15) is 5.26 Å². The Kier molecular flexibility index (Phi) is 6.79. The Morgan fingerprint density at radius 1 is 1.32 bits per heavy atom. The summed E-state index contributed by atoms with van der Waals surface area (Å²) < 4.78 is 5.45. The third kappa shape index (κ3) is 4.77. The Bertz CT molecular complexity index is 701. The summed E-state index contributed by atoms with van der Waals surface area (Å²) in [6.07, 6.45) is 7.96. The Morgan fingerprint density at radius 2 is 2.00 bits per heavy atom. The summed E-state index contributed by atoms with van der Waals surface area (Å²) in [5, 5.41) is 12.8. The maximum absolute atomic E-state index is 12.7. The predicted octanol–water partition coefficient (Wildman–Crippen LogP) is 2.97. The number of nitrogens with zero attached hydrogens (tertiary/aromatic N) is 2. The highest BCUT2D eigenvalue weighted by Gasteiger charge is 2.38. The highest BCUT2D eigenvalue weighted by Crippen LogP contribution is 2.33. The van der Waals surface area contributed by atoms with Crippen LogP contribution in [0, 0.1) is 17.2 Å². The summed E-state index contributed by atoms with van der Waals surface area (Å²) in [6, 6.07) is 9.72. The molecular weight excluding hydrogens is 352 g/mol. The van der Waals surface area contributed by atoms with Crippen LogP contribution in [-0.4, -0.2) is 37.7 Å². The van der Waals surface area contributed by atoms with Crippen LogP contribution in [0.1, 0.15) is 51.4 Å². The van der Waals surface area contributed by atoms with Crippen LogP contribution in [0.4, 0.5) is 5.69 Å². The number of nitrogens with two attached hydrogens (primary N) is 1. The number of hydrogen-bond donors (Lipinski definition) is 2. The van der Waals surface area contributed by atoms with Gasteiger partial charge in [0, 0.05) is 25.9 Å². The Balaban J connectivity index is 1.57. The van der Waals surface area contributed by atoms with E-state index in [1.807, 2.05) is 24.3 Å². The number of piperidine rings is 1. The number of nitriles is 1. The smallest absolute Gasteiger partial charge is 0.238 e. The number of nitrogens with one attached hydrogen (secondary N) is 1. The summed E-state index contributed by atoms with van der Waals surface area (Å²) >= 11 is 0. The second-order valence-corrected chi connectivity index (χ2v) is 8.19. The lowest BCUT2D eigenvalue weighted by molar-refractivity contribution is -0.124. The number of benzene rings is 1. The van der Waals surface area contributed by atoms with Gasteiger partial charge in [0.05, 0.1) is 24.9 Å². The molecule has 6 heteroatoms. The van der Waals surface area contributed by atoms with Gasteiger partial charge in [-0.05, 0) is 24.5 Å². The largest absolute Gasteiger partial charge is 0.495 e. The zero-order valence-electron chi connectivity index (χ0n) is 16.8. The summed E-state index contributed by atoms with van der Waals surface area (Å²) in [4.78, 5) is 14.9. The van der Waals surface area contributed by atoms with Crippen molar-refractivity contribution in [2.45, 2.75) is 62.9 Å². The molecule has 152 valence electrons. The van der Waals surface area contributed by atoms with Gasteiger partial charge in [-0.25, -0.2) is 0 Å². The maximum atomic E-state index is 12.7. The summed E-state index contributed by atoms with van der Waals surface area (Å²) in [7, 11) is 1.66. The third-order valence-corrected chi connectivity index (χ3v) is 6.27. The van der Waals surface area contributed by atoms with Crippen LogP contribution in [0.5, 0.6) is 5.75 Å². The topological polar surface area (TPSA) is 91.4 Å². The number of carbonyl (C=O) groups is 1. The fraction of sp³-hybridized carbons (Fsp3) is 0.636. The van der Waals surface area contributed by atoms with E-state index in [1.54, 1.807) is 7.11 Å². The zero-order chi connectivity index (χ0) is 20.0. The Labute approximate surface area is 168 Å². The predicted molar refractivity (Wildman–Crippen MR) is 110 cm³/mol. The van der Waals surface area contributed by atoms with Crippen molar-refractivity contribution in [3.63, 3.8) is 0 Å². The number of para-hydroxylation sites is 2. The minimum atomic E-state index is -0.834. The Hall–Kier alpha value is -2.26. The van der Waals surface area contributed by atoms with Crippen molar-refractivity contribution in [3.8, 4) is 11.8 Å². The molecule has 3 rings (SSSR count). The van der Waals surface area contributed by atoms with Gasteiger partial charge in [-0.1, -0.05) is 44.2 Å². The first kappa shape index (κ1) is 20.5. The van der Waals surface area contributed by atoms with Crippen LogP contribution in [0.25, 0.3) is 0 Å². The molecule has 1 unspecified atom stereocenters. The second kappa shape index (κ2) is 9.29. The van der Waals surface area contributed by atoms with Crippen LogP contribution >= 0.6 is 0 Å². The van der Waals surface area contributed by atoms with E-state index in [1.165, 1.54) is 19.3 Å². The molecule has 0 bridgehead atoms. The quantitative estimate of drug-likeness (QED) is 0.787. The van der Waals surface area contributed by atoms with Crippen molar-refractivity contribution < 1.29 is 9.53 Å². The molecule has 28 heavy (non-hydrogen) atoms. The molecule has 0 radical (unpaired) electrons. The maximum Gasteiger partial charge on any atom is 0.238 e. The number of anilines is 1. The van der Waals surface area contributed by atoms with Crippen molar-refractivity contribution in [3.05, 3.63) is 24.3 Å². The van der Waals surface area contributed by atoms with Gasteiger partial charge in [0.25, 0.3) is 0 Å². The molecule has 1 aliphatic heterocycles. The molecule has 6 nitrogen and oxygen atoms in total. The molecule has 1 amide bonds. The minimum Gasteiger partial charge on any atom is -0.495 e. The average molecular weight is 385 g/mol. The van der Waals surface area contributed by atoms with Crippen molar-refractivity contribution in [1.82, 2.24) is 5.32 Å². The minimum absolute atomic E-state index is 0.183. The highest BCUT2D eigenvalue weighted by molar-refractivity contribution is 5.82. The lowest BCUT2D eigenvalue weighted by Gasteiger charge is -2.39. The van der Waals surface area contributed by atoms with E-state index in [0.717, 1.165) is 30.7 Å². The second-order valence-electron chi connectivity index (χ2n) is 8.19. The SMILES string of the molecule is COc1ccccc1N1CCC(C#N)(NC(=O)C(N)CC2CCCCC2)CC1. The molecule has 1 aromatic carbocycles. The molecule has 1 aliphatic carbocycles. The molecule has 3 N–H and O–H groups in total. The van der Waals surface area contributed by atoms with Crippen molar-refractivity contribution >= 4 is 11.6 Å². The molecule has 1 saturated carbocycles. The third-order valence-electron chi connectivity index (χ3n) is 6.27. The summed E-state index contributed by atoms with van der Waals surface area (Å²) in [6.45, 7) is 1.37. The Morgan fingerprint density at radius 3 is 2.64 bits per heavy atom. The van der Waals surface area contributed by atoms with Gasteiger partial charge in [-0.3, -0.25) is 4.79 Å². The number of rotatable bonds is 6. The summed E-state index contributed by atoms with van der Waals surface area (Å²) in [5.74, 6) is 1.18. The van der Waals surface area contributed by atoms with Gasteiger partial charge >= 0.3 is 0 Å². The number of hydrogen-bond acceptors (Lipinski definition) is 5. The number of amides is 1. The van der Waals surface area contributed by atoms with Gasteiger partial charge < -0.3 is 20.7 Å². The molecule has 1 atom stereocenters. The molecule has 1 aromatic rings. The van der Waals surface area contributed by atoms with E-state index < -0.39 is 11.6 Å². The standard InChI is InChI=1S/C22H32N4O2/c1-28-20-10-6-5-9-19(20)26-13-11-22(16-23,12-14-26)25-21(27)18(24)15-17-7-3-2-4-8-17/h5-6,9-10,17-18H,2-4,7-8,11-15,24H2,1H3,(H,25,27). The highest BCUT2D eigenvalue weighted by atomic mass is 16.5. The van der Waals surface area contributed by atoms with Gasteiger partial charge in [0.15, 0.2) is 0 Å². The molecule has 2 fully saturated rings. The number of carbonyl (C=O) groups excluding carboxylic acids is 1. The zero-order valence-corrected chi connectivity index (χ0v) is 16.8. The van der Waals surface area contributed by atoms with Crippen molar-refractivity contribution in [1.29, 1.82) is 5.26 Å². The molecular formula is C22H32N4O2. The van der Waals surface area contributed by atoms with Crippen LogP contribution in [0.2, 0.25) is 0 Å². The van der Waals surface area contributed by atoms with Crippen molar-refractivity contribution in [2.24, 2.45) is 11.7 Å². The first-order valence-corrected chi connectivity index (χ1v) is 10.4. The fourth-order valence-corrected chi connectivity index (χ4v) is 4.50. The molecule has 0 aromatic heterocycles. The van der Waals surface area contributed by atoms with Crippen LogP contribution in [0.3, 0.4) is 0 Å². The van der Waals surface area contributed by atoms with Crippen LogP contribution < -0.4 is 20.7 Å².